The fourth-order valence-corrected chi connectivity index (χ4v) is 2.98. The van der Waals surface area contributed by atoms with E-state index in [-0.39, 0.29) is 19.1 Å². The fraction of sp³-hybridized carbons (Fsp3) is 0.429. The van der Waals surface area contributed by atoms with E-state index in [0.29, 0.717) is 12.1 Å². The molecular formula is C21H29NO4. The summed E-state index contributed by atoms with van der Waals surface area (Å²) < 4.78 is 0. The number of benzene rings is 2. The maximum Gasteiger partial charge on any atom is 0.0942 e. The van der Waals surface area contributed by atoms with E-state index >= 15 is 0 Å². The van der Waals surface area contributed by atoms with Crippen LogP contribution in [0.2, 0.25) is 0 Å². The standard InChI is InChI=1S/C21H29NO4/c1-15(21(26)18-6-4-3-5-7-18)22(2)13-19(24)12-20(25)17-10-8-16(14-23)9-11-17/h3-11,15,19-21,23-26H,12-14H2,1-2H3/t15-,19-,20+,21-/m1/s1. The van der Waals surface area contributed by atoms with Gasteiger partial charge in [-0.05, 0) is 30.7 Å². The third-order valence-electron chi connectivity index (χ3n) is 4.83. The van der Waals surface area contributed by atoms with Crippen LogP contribution in [0, 0.1) is 0 Å². The molecule has 0 saturated heterocycles. The van der Waals surface area contributed by atoms with Crippen molar-refractivity contribution in [3.8, 4) is 0 Å². The lowest BCUT2D eigenvalue weighted by molar-refractivity contribution is 0.0215. The highest BCUT2D eigenvalue weighted by Crippen LogP contribution is 2.22. The molecular weight excluding hydrogens is 330 g/mol. The average Bonchev–Trinajstić information content (AvgIpc) is 2.67. The van der Waals surface area contributed by atoms with Gasteiger partial charge in [0.15, 0.2) is 0 Å². The Morgan fingerprint density at radius 3 is 2.08 bits per heavy atom. The Bertz CT molecular complexity index is 647. The van der Waals surface area contributed by atoms with Gasteiger partial charge in [0.05, 0.1) is 24.9 Å². The maximum absolute atomic E-state index is 10.5. The normalized spacial score (nSPS) is 16.3. The quantitative estimate of drug-likeness (QED) is 0.550. The highest BCUT2D eigenvalue weighted by molar-refractivity contribution is 5.23. The van der Waals surface area contributed by atoms with Crippen LogP contribution in [0.5, 0.6) is 0 Å². The fourth-order valence-electron chi connectivity index (χ4n) is 2.98. The van der Waals surface area contributed by atoms with Crippen LogP contribution in [0.1, 0.15) is 42.2 Å². The van der Waals surface area contributed by atoms with Crippen molar-refractivity contribution in [2.45, 2.75) is 44.3 Å². The molecule has 0 aromatic heterocycles. The zero-order valence-electron chi connectivity index (χ0n) is 15.4. The van der Waals surface area contributed by atoms with Gasteiger partial charge in [-0.2, -0.15) is 0 Å². The molecule has 4 N–H and O–H groups in total. The summed E-state index contributed by atoms with van der Waals surface area (Å²) in [4.78, 5) is 1.89. The number of nitrogens with zero attached hydrogens (tertiary/aromatic N) is 1. The van der Waals surface area contributed by atoms with E-state index in [0.717, 1.165) is 11.1 Å². The lowest BCUT2D eigenvalue weighted by Crippen LogP contribution is -2.39. The molecule has 0 aliphatic heterocycles. The Morgan fingerprint density at radius 1 is 0.885 bits per heavy atom. The Balaban J connectivity index is 1.88. The molecule has 0 bridgehead atoms. The number of hydrogen-bond acceptors (Lipinski definition) is 5. The summed E-state index contributed by atoms with van der Waals surface area (Å²) in [5, 5.41) is 40.2. The number of likely N-dealkylation sites (N-methyl/N-ethyl adjacent to an activating group) is 1. The van der Waals surface area contributed by atoms with Gasteiger partial charge in [0.1, 0.15) is 0 Å². The van der Waals surface area contributed by atoms with Crippen LogP contribution in [-0.4, -0.2) is 51.1 Å². The van der Waals surface area contributed by atoms with Crippen LogP contribution >= 0.6 is 0 Å². The maximum atomic E-state index is 10.5. The second-order valence-corrected chi connectivity index (χ2v) is 6.84. The monoisotopic (exact) mass is 359 g/mol. The van der Waals surface area contributed by atoms with Gasteiger partial charge in [-0.15, -0.1) is 0 Å². The average molecular weight is 359 g/mol. The second kappa shape index (κ2) is 9.80. The third kappa shape index (κ3) is 5.62. The van der Waals surface area contributed by atoms with E-state index in [1.807, 2.05) is 49.2 Å². The Morgan fingerprint density at radius 2 is 1.50 bits per heavy atom. The van der Waals surface area contributed by atoms with Crippen molar-refractivity contribution in [3.63, 3.8) is 0 Å². The molecule has 0 unspecified atom stereocenters. The first-order chi connectivity index (χ1) is 12.4. The van der Waals surface area contributed by atoms with E-state index in [2.05, 4.69) is 0 Å². The summed E-state index contributed by atoms with van der Waals surface area (Å²) in [7, 11) is 1.85. The van der Waals surface area contributed by atoms with Gasteiger partial charge in [0.25, 0.3) is 0 Å². The van der Waals surface area contributed by atoms with Crippen LogP contribution in [0.15, 0.2) is 54.6 Å². The molecule has 2 aromatic carbocycles. The van der Waals surface area contributed by atoms with Crippen LogP contribution in [0.3, 0.4) is 0 Å². The van der Waals surface area contributed by atoms with Gasteiger partial charge in [-0.25, -0.2) is 0 Å². The molecule has 5 heteroatoms. The minimum atomic E-state index is -0.777. The molecule has 0 saturated carbocycles. The first-order valence-corrected chi connectivity index (χ1v) is 8.91. The largest absolute Gasteiger partial charge is 0.392 e. The van der Waals surface area contributed by atoms with E-state index in [1.54, 1.807) is 24.3 Å². The lowest BCUT2D eigenvalue weighted by Gasteiger charge is -2.31. The predicted molar refractivity (Wildman–Crippen MR) is 101 cm³/mol. The van der Waals surface area contributed by atoms with Crippen LogP contribution < -0.4 is 0 Å². The molecule has 26 heavy (non-hydrogen) atoms. The van der Waals surface area contributed by atoms with Crippen molar-refractivity contribution in [3.05, 3.63) is 71.3 Å². The van der Waals surface area contributed by atoms with Crippen molar-refractivity contribution < 1.29 is 20.4 Å². The SMILES string of the molecule is C[C@H]([C@@H](O)c1ccccc1)N(C)C[C@H](O)C[C@H](O)c1ccc(CO)cc1. The first kappa shape index (κ1) is 20.6. The van der Waals surface area contributed by atoms with Gasteiger partial charge < -0.3 is 20.4 Å². The molecule has 0 fully saturated rings. The van der Waals surface area contributed by atoms with E-state index in [4.69, 9.17) is 5.11 Å². The van der Waals surface area contributed by atoms with Crippen molar-refractivity contribution >= 4 is 0 Å². The van der Waals surface area contributed by atoms with E-state index < -0.39 is 18.3 Å². The van der Waals surface area contributed by atoms with Crippen LogP contribution in [-0.2, 0) is 6.61 Å². The number of rotatable bonds is 9. The molecule has 0 heterocycles. The molecule has 0 amide bonds. The zero-order chi connectivity index (χ0) is 19.1. The number of aliphatic hydroxyl groups is 4. The predicted octanol–water partition coefficient (Wildman–Crippen LogP) is 2.02. The molecule has 2 aromatic rings. The van der Waals surface area contributed by atoms with Crippen molar-refractivity contribution in [2.24, 2.45) is 0 Å². The molecule has 0 radical (unpaired) electrons. The van der Waals surface area contributed by atoms with Gasteiger partial charge in [-0.1, -0.05) is 54.6 Å². The Labute approximate surface area is 155 Å². The summed E-state index contributed by atoms with van der Waals surface area (Å²) in [5.74, 6) is 0. The second-order valence-electron chi connectivity index (χ2n) is 6.84. The number of hydrogen-bond donors (Lipinski definition) is 4. The topological polar surface area (TPSA) is 84.2 Å². The molecule has 2 rings (SSSR count). The first-order valence-electron chi connectivity index (χ1n) is 8.91. The Hall–Kier alpha value is -1.76. The van der Waals surface area contributed by atoms with Gasteiger partial charge in [0, 0.05) is 19.0 Å². The minimum Gasteiger partial charge on any atom is -0.392 e. The van der Waals surface area contributed by atoms with Gasteiger partial charge in [0.2, 0.25) is 0 Å². The smallest absolute Gasteiger partial charge is 0.0942 e. The van der Waals surface area contributed by atoms with Crippen molar-refractivity contribution in [1.29, 1.82) is 0 Å². The highest BCUT2D eigenvalue weighted by Gasteiger charge is 2.23. The molecule has 0 aliphatic carbocycles. The van der Waals surface area contributed by atoms with Gasteiger partial charge in [-0.3, -0.25) is 4.90 Å². The molecule has 0 aliphatic rings. The molecule has 0 spiro atoms. The van der Waals surface area contributed by atoms with Gasteiger partial charge >= 0.3 is 0 Å². The van der Waals surface area contributed by atoms with Crippen molar-refractivity contribution in [1.82, 2.24) is 4.90 Å². The van der Waals surface area contributed by atoms with E-state index in [9.17, 15) is 15.3 Å². The summed E-state index contributed by atoms with van der Waals surface area (Å²) in [5.41, 5.74) is 2.33. The molecule has 4 atom stereocenters. The van der Waals surface area contributed by atoms with Crippen LogP contribution in [0.4, 0.5) is 0 Å². The third-order valence-corrected chi connectivity index (χ3v) is 4.83. The summed E-state index contributed by atoms with van der Waals surface area (Å²) >= 11 is 0. The molecule has 142 valence electrons. The summed E-state index contributed by atoms with van der Waals surface area (Å²) in [6.45, 7) is 2.22. The Kier molecular flexibility index (Phi) is 7.75. The van der Waals surface area contributed by atoms with E-state index in [1.165, 1.54) is 0 Å². The lowest BCUT2D eigenvalue weighted by atomic mass is 10.00. The van der Waals surface area contributed by atoms with Crippen LogP contribution in [0.25, 0.3) is 0 Å². The highest BCUT2D eigenvalue weighted by atomic mass is 16.3. The molecule has 5 nitrogen and oxygen atoms in total. The van der Waals surface area contributed by atoms with Crippen molar-refractivity contribution in [2.75, 3.05) is 13.6 Å². The minimum absolute atomic E-state index is 0.0363. The zero-order valence-corrected chi connectivity index (χ0v) is 15.4. The summed E-state index contributed by atoms with van der Waals surface area (Å²) in [6.07, 6.45) is -1.94. The number of aliphatic hydroxyl groups excluding tert-OH is 4. The summed E-state index contributed by atoms with van der Waals surface area (Å²) in [6, 6.07) is 16.3.